The van der Waals surface area contributed by atoms with Crippen LogP contribution < -0.4 is 0 Å². The lowest BCUT2D eigenvalue weighted by atomic mass is 10.1. The number of ether oxygens (including phenoxy) is 1. The SMILES string of the molecule is CCOC(=O)CCc1cccc(C(F)(F)F)c1Cl. The van der Waals surface area contributed by atoms with E-state index in [1.165, 1.54) is 12.1 Å². The first-order valence-electron chi connectivity index (χ1n) is 5.36. The number of esters is 1. The summed E-state index contributed by atoms with van der Waals surface area (Å²) in [5, 5.41) is -0.353. The number of rotatable bonds is 4. The third-order valence-corrected chi connectivity index (χ3v) is 2.73. The molecule has 0 saturated heterocycles. The minimum absolute atomic E-state index is 0.00880. The molecule has 0 unspecified atom stereocenters. The Balaban J connectivity index is 2.82. The number of aryl methyl sites for hydroxylation is 1. The molecule has 0 N–H and O–H groups in total. The van der Waals surface area contributed by atoms with Crippen LogP contribution in [0.15, 0.2) is 18.2 Å². The second-order valence-corrected chi connectivity index (χ2v) is 3.96. The highest BCUT2D eigenvalue weighted by Gasteiger charge is 2.33. The highest BCUT2D eigenvalue weighted by molar-refractivity contribution is 6.32. The summed E-state index contributed by atoms with van der Waals surface area (Å²) in [6, 6.07) is 3.65. The highest BCUT2D eigenvalue weighted by Crippen LogP contribution is 2.36. The summed E-state index contributed by atoms with van der Waals surface area (Å²) in [5.74, 6) is -0.453. The number of carbonyl (C=O) groups excluding carboxylic acids is 1. The van der Waals surface area contributed by atoms with Crippen LogP contribution in [-0.2, 0) is 22.1 Å². The highest BCUT2D eigenvalue weighted by atomic mass is 35.5. The quantitative estimate of drug-likeness (QED) is 0.783. The van der Waals surface area contributed by atoms with Gasteiger partial charge in [-0.2, -0.15) is 13.2 Å². The van der Waals surface area contributed by atoms with Gasteiger partial charge >= 0.3 is 12.1 Å². The van der Waals surface area contributed by atoms with Crippen molar-refractivity contribution in [3.8, 4) is 0 Å². The summed E-state index contributed by atoms with van der Waals surface area (Å²) in [7, 11) is 0. The topological polar surface area (TPSA) is 26.3 Å². The molecule has 2 nitrogen and oxygen atoms in total. The molecule has 0 aromatic heterocycles. The van der Waals surface area contributed by atoms with E-state index >= 15 is 0 Å². The molecular formula is C12H12ClF3O2. The third kappa shape index (κ3) is 3.91. The smallest absolute Gasteiger partial charge is 0.417 e. The van der Waals surface area contributed by atoms with Crippen LogP contribution in [0.3, 0.4) is 0 Å². The zero-order valence-electron chi connectivity index (χ0n) is 9.68. The van der Waals surface area contributed by atoms with Crippen molar-refractivity contribution in [2.45, 2.75) is 25.9 Å². The first-order chi connectivity index (χ1) is 8.36. The van der Waals surface area contributed by atoms with Gasteiger partial charge in [0.05, 0.1) is 17.2 Å². The Bertz CT molecular complexity index is 430. The Morgan fingerprint density at radius 1 is 1.39 bits per heavy atom. The molecule has 0 amide bonds. The molecule has 0 aliphatic carbocycles. The summed E-state index contributed by atoms with van der Waals surface area (Å²) in [6.45, 7) is 1.91. The van der Waals surface area contributed by atoms with Crippen LogP contribution in [0, 0.1) is 0 Å². The number of benzene rings is 1. The molecule has 0 bridgehead atoms. The Morgan fingerprint density at radius 2 is 2.06 bits per heavy atom. The van der Waals surface area contributed by atoms with Crippen LogP contribution in [0.4, 0.5) is 13.2 Å². The van der Waals surface area contributed by atoms with E-state index in [0.29, 0.717) is 5.56 Å². The Labute approximate surface area is 108 Å². The largest absolute Gasteiger partial charge is 0.466 e. The van der Waals surface area contributed by atoms with Gasteiger partial charge < -0.3 is 4.74 Å². The van der Waals surface area contributed by atoms with Gasteiger partial charge in [0.25, 0.3) is 0 Å². The summed E-state index contributed by atoms with van der Waals surface area (Å²) in [4.78, 5) is 11.1. The molecule has 18 heavy (non-hydrogen) atoms. The zero-order chi connectivity index (χ0) is 13.8. The third-order valence-electron chi connectivity index (χ3n) is 2.29. The lowest BCUT2D eigenvalue weighted by molar-refractivity contribution is -0.143. The fourth-order valence-corrected chi connectivity index (χ4v) is 1.79. The van der Waals surface area contributed by atoms with Gasteiger partial charge in [-0.05, 0) is 25.0 Å². The molecule has 1 aromatic carbocycles. The van der Waals surface area contributed by atoms with Gasteiger partial charge in [0, 0.05) is 6.42 Å². The maximum absolute atomic E-state index is 12.6. The van der Waals surface area contributed by atoms with Crippen LogP contribution in [0.1, 0.15) is 24.5 Å². The molecule has 0 aliphatic heterocycles. The lowest BCUT2D eigenvalue weighted by Crippen LogP contribution is -2.09. The van der Waals surface area contributed by atoms with E-state index in [2.05, 4.69) is 0 Å². The zero-order valence-corrected chi connectivity index (χ0v) is 10.4. The summed E-state index contributed by atoms with van der Waals surface area (Å²) in [5.41, 5.74) is -0.593. The average molecular weight is 281 g/mol. The van der Waals surface area contributed by atoms with E-state index in [9.17, 15) is 18.0 Å². The van der Waals surface area contributed by atoms with Crippen LogP contribution >= 0.6 is 11.6 Å². The maximum atomic E-state index is 12.6. The molecule has 1 aromatic rings. The number of halogens is 4. The molecule has 6 heteroatoms. The number of alkyl halides is 3. The molecule has 0 saturated carbocycles. The van der Waals surface area contributed by atoms with Crippen molar-refractivity contribution in [3.63, 3.8) is 0 Å². The van der Waals surface area contributed by atoms with Crippen molar-refractivity contribution >= 4 is 17.6 Å². The predicted octanol–water partition coefficient (Wildman–Crippen LogP) is 3.85. The van der Waals surface area contributed by atoms with Crippen molar-refractivity contribution in [1.29, 1.82) is 0 Å². The normalized spacial score (nSPS) is 11.4. The van der Waals surface area contributed by atoms with Gasteiger partial charge in [-0.15, -0.1) is 0 Å². The fraction of sp³-hybridized carbons (Fsp3) is 0.417. The molecule has 0 heterocycles. The van der Waals surface area contributed by atoms with E-state index in [1.807, 2.05) is 0 Å². The predicted molar refractivity (Wildman–Crippen MR) is 61.4 cm³/mol. The number of hydrogen-bond donors (Lipinski definition) is 0. The van der Waals surface area contributed by atoms with Crippen LogP contribution in [0.25, 0.3) is 0 Å². The van der Waals surface area contributed by atoms with E-state index in [4.69, 9.17) is 16.3 Å². The molecule has 0 spiro atoms. The first-order valence-corrected chi connectivity index (χ1v) is 5.74. The number of carbonyl (C=O) groups is 1. The molecular weight excluding hydrogens is 269 g/mol. The lowest BCUT2D eigenvalue weighted by Gasteiger charge is -2.12. The Hall–Kier alpha value is -1.23. The number of hydrogen-bond acceptors (Lipinski definition) is 2. The standard InChI is InChI=1S/C12H12ClF3O2/c1-2-18-10(17)7-6-8-4-3-5-9(11(8)13)12(14,15)16/h3-5H,2,6-7H2,1H3. The molecule has 0 atom stereocenters. The van der Waals surface area contributed by atoms with E-state index in [1.54, 1.807) is 6.92 Å². The van der Waals surface area contributed by atoms with Crippen LogP contribution in [-0.4, -0.2) is 12.6 Å². The van der Waals surface area contributed by atoms with E-state index < -0.39 is 17.7 Å². The van der Waals surface area contributed by atoms with E-state index in [0.717, 1.165) is 6.07 Å². The average Bonchev–Trinajstić information content (AvgIpc) is 2.26. The summed E-state index contributed by atoms with van der Waals surface area (Å²) in [6.07, 6.45) is -4.35. The van der Waals surface area contributed by atoms with Gasteiger partial charge in [-0.3, -0.25) is 4.79 Å². The van der Waals surface area contributed by atoms with Crippen molar-refractivity contribution in [3.05, 3.63) is 34.3 Å². The van der Waals surface area contributed by atoms with Gasteiger partial charge in [0.1, 0.15) is 0 Å². The molecule has 0 fully saturated rings. The molecule has 100 valence electrons. The minimum Gasteiger partial charge on any atom is -0.466 e. The van der Waals surface area contributed by atoms with Gasteiger partial charge in [-0.25, -0.2) is 0 Å². The second-order valence-electron chi connectivity index (χ2n) is 3.58. The summed E-state index contributed by atoms with van der Waals surface area (Å²) >= 11 is 5.68. The monoisotopic (exact) mass is 280 g/mol. The van der Waals surface area contributed by atoms with Crippen molar-refractivity contribution in [2.75, 3.05) is 6.61 Å². The Kier molecular flexibility index (Phi) is 5.02. The van der Waals surface area contributed by atoms with Gasteiger partial charge in [-0.1, -0.05) is 23.7 Å². The molecule has 0 radical (unpaired) electrons. The van der Waals surface area contributed by atoms with Crippen LogP contribution in [0.2, 0.25) is 5.02 Å². The maximum Gasteiger partial charge on any atom is 0.417 e. The van der Waals surface area contributed by atoms with Gasteiger partial charge in [0.2, 0.25) is 0 Å². The van der Waals surface area contributed by atoms with Crippen molar-refractivity contribution < 1.29 is 22.7 Å². The van der Waals surface area contributed by atoms with E-state index in [-0.39, 0.29) is 24.5 Å². The van der Waals surface area contributed by atoms with Crippen molar-refractivity contribution in [1.82, 2.24) is 0 Å². The Morgan fingerprint density at radius 3 is 2.61 bits per heavy atom. The first kappa shape index (κ1) is 14.8. The fourth-order valence-electron chi connectivity index (χ4n) is 1.46. The van der Waals surface area contributed by atoms with Crippen LogP contribution in [0.5, 0.6) is 0 Å². The summed E-state index contributed by atoms with van der Waals surface area (Å²) < 4.78 is 42.4. The van der Waals surface area contributed by atoms with Gasteiger partial charge in [0.15, 0.2) is 0 Å². The molecule has 0 aliphatic rings. The molecule has 1 rings (SSSR count). The minimum atomic E-state index is -4.49. The van der Waals surface area contributed by atoms with Crippen molar-refractivity contribution in [2.24, 2.45) is 0 Å². The second kappa shape index (κ2) is 6.09.